The van der Waals surface area contributed by atoms with Gasteiger partial charge in [0.15, 0.2) is 5.69 Å². The molecule has 0 unspecified atom stereocenters. The lowest BCUT2D eigenvalue weighted by atomic mass is 10.2. The van der Waals surface area contributed by atoms with Crippen LogP contribution in [0.15, 0.2) is 41.9 Å². The summed E-state index contributed by atoms with van der Waals surface area (Å²) < 4.78 is 1.65. The fourth-order valence-electron chi connectivity index (χ4n) is 3.29. The van der Waals surface area contributed by atoms with Gasteiger partial charge in [0, 0.05) is 44.3 Å². The topological polar surface area (TPSA) is 54.3 Å². The highest BCUT2D eigenvalue weighted by Crippen LogP contribution is 2.20. The molecule has 4 rings (SSSR count). The molecule has 1 fully saturated rings. The van der Waals surface area contributed by atoms with Crippen molar-refractivity contribution in [3.05, 3.63) is 63.3 Å². The molecule has 0 saturated carbocycles. The standard InChI is InChI=1S/C20H22ClN5OS/c1-2-19-22-15(14-28-19)13-24-9-11-25(12-10-24)20(27)17-7-8-26(23-17)18-6-4-3-5-16(18)21/h3-8,14H,2,9-13H2,1H3. The second-order valence-corrected chi connectivity index (χ2v) is 8.10. The van der Waals surface area contributed by atoms with Gasteiger partial charge in [-0.2, -0.15) is 5.10 Å². The number of nitrogens with zero attached hydrogens (tertiary/aromatic N) is 5. The fraction of sp³-hybridized carbons (Fsp3) is 0.350. The summed E-state index contributed by atoms with van der Waals surface area (Å²) in [5.74, 6) is -0.0348. The van der Waals surface area contributed by atoms with Crippen LogP contribution >= 0.6 is 22.9 Å². The zero-order valence-electron chi connectivity index (χ0n) is 15.7. The second kappa shape index (κ2) is 8.43. The molecule has 0 bridgehead atoms. The number of amides is 1. The molecule has 3 heterocycles. The Morgan fingerprint density at radius 1 is 1.18 bits per heavy atom. The van der Waals surface area contributed by atoms with Crippen molar-refractivity contribution in [3.63, 3.8) is 0 Å². The number of hydrogen-bond acceptors (Lipinski definition) is 5. The maximum Gasteiger partial charge on any atom is 0.274 e. The van der Waals surface area contributed by atoms with Crippen LogP contribution in [0.1, 0.15) is 28.1 Å². The van der Waals surface area contributed by atoms with E-state index in [0.717, 1.165) is 37.4 Å². The van der Waals surface area contributed by atoms with Gasteiger partial charge in [-0.3, -0.25) is 9.69 Å². The van der Waals surface area contributed by atoms with Crippen LogP contribution in [0.3, 0.4) is 0 Å². The number of rotatable bonds is 5. The molecule has 28 heavy (non-hydrogen) atoms. The summed E-state index contributed by atoms with van der Waals surface area (Å²) in [5, 5.41) is 8.35. The minimum Gasteiger partial charge on any atom is -0.335 e. The molecule has 8 heteroatoms. The molecule has 6 nitrogen and oxygen atoms in total. The van der Waals surface area contributed by atoms with Crippen LogP contribution in [0.25, 0.3) is 5.69 Å². The van der Waals surface area contributed by atoms with E-state index < -0.39 is 0 Å². The van der Waals surface area contributed by atoms with Gasteiger partial charge < -0.3 is 4.90 Å². The minimum absolute atomic E-state index is 0.0348. The van der Waals surface area contributed by atoms with Crippen molar-refractivity contribution in [1.29, 1.82) is 0 Å². The lowest BCUT2D eigenvalue weighted by Gasteiger charge is -2.34. The van der Waals surface area contributed by atoms with Crippen molar-refractivity contribution in [2.75, 3.05) is 26.2 Å². The Bertz CT molecular complexity index is 961. The Kier molecular flexibility index (Phi) is 5.75. The van der Waals surface area contributed by atoms with Crippen molar-refractivity contribution in [2.45, 2.75) is 19.9 Å². The molecule has 0 spiro atoms. The van der Waals surface area contributed by atoms with Gasteiger partial charge in [0.25, 0.3) is 5.91 Å². The van der Waals surface area contributed by atoms with E-state index in [-0.39, 0.29) is 5.91 Å². The maximum absolute atomic E-state index is 12.8. The summed E-state index contributed by atoms with van der Waals surface area (Å²) in [4.78, 5) is 21.7. The summed E-state index contributed by atoms with van der Waals surface area (Å²) in [6, 6.07) is 9.21. The van der Waals surface area contributed by atoms with E-state index in [2.05, 4.69) is 27.3 Å². The van der Waals surface area contributed by atoms with Gasteiger partial charge in [-0.25, -0.2) is 9.67 Å². The van der Waals surface area contributed by atoms with Crippen molar-refractivity contribution in [1.82, 2.24) is 24.6 Å². The third-order valence-corrected chi connectivity index (χ3v) is 6.22. The number of benzene rings is 1. The third kappa shape index (κ3) is 4.11. The Morgan fingerprint density at radius 2 is 1.96 bits per heavy atom. The van der Waals surface area contributed by atoms with E-state index in [1.54, 1.807) is 28.3 Å². The van der Waals surface area contributed by atoms with Gasteiger partial charge in [-0.05, 0) is 24.6 Å². The number of para-hydroxylation sites is 1. The fourth-order valence-corrected chi connectivity index (χ4v) is 4.25. The van der Waals surface area contributed by atoms with Crippen molar-refractivity contribution in [2.24, 2.45) is 0 Å². The highest BCUT2D eigenvalue weighted by molar-refractivity contribution is 7.09. The molecule has 0 aliphatic carbocycles. The summed E-state index contributed by atoms with van der Waals surface area (Å²) in [5.41, 5.74) is 2.34. The predicted molar refractivity (Wildman–Crippen MR) is 111 cm³/mol. The monoisotopic (exact) mass is 415 g/mol. The first-order valence-corrected chi connectivity index (χ1v) is 10.7. The van der Waals surface area contributed by atoms with Crippen LogP contribution in [-0.2, 0) is 13.0 Å². The summed E-state index contributed by atoms with van der Waals surface area (Å²) in [7, 11) is 0. The zero-order valence-corrected chi connectivity index (χ0v) is 17.3. The number of aromatic nitrogens is 3. The Labute approximate surface area is 173 Å². The van der Waals surface area contributed by atoms with Crippen molar-refractivity contribution >= 4 is 28.8 Å². The summed E-state index contributed by atoms with van der Waals surface area (Å²) in [6.07, 6.45) is 2.76. The average Bonchev–Trinajstić information content (AvgIpc) is 3.38. The molecule has 1 aromatic carbocycles. The minimum atomic E-state index is -0.0348. The quantitative estimate of drug-likeness (QED) is 0.640. The Balaban J connectivity index is 1.36. The molecule has 2 aromatic heterocycles. The lowest BCUT2D eigenvalue weighted by Crippen LogP contribution is -2.48. The number of hydrogen-bond donors (Lipinski definition) is 0. The molecule has 0 N–H and O–H groups in total. The highest BCUT2D eigenvalue weighted by Gasteiger charge is 2.24. The third-order valence-electron chi connectivity index (χ3n) is 4.85. The Morgan fingerprint density at radius 3 is 2.68 bits per heavy atom. The van der Waals surface area contributed by atoms with Crippen LogP contribution in [0.5, 0.6) is 0 Å². The second-order valence-electron chi connectivity index (χ2n) is 6.75. The van der Waals surface area contributed by atoms with Crippen LogP contribution < -0.4 is 0 Å². The smallest absolute Gasteiger partial charge is 0.274 e. The zero-order chi connectivity index (χ0) is 19.5. The van der Waals surface area contributed by atoms with Crippen LogP contribution in [0, 0.1) is 0 Å². The van der Waals surface area contributed by atoms with Gasteiger partial charge in [-0.1, -0.05) is 30.7 Å². The number of thiazole rings is 1. The summed E-state index contributed by atoms with van der Waals surface area (Å²) in [6.45, 7) is 6.05. The molecule has 146 valence electrons. The van der Waals surface area contributed by atoms with Gasteiger partial charge in [-0.15, -0.1) is 11.3 Å². The van der Waals surface area contributed by atoms with Crippen molar-refractivity contribution in [3.8, 4) is 5.69 Å². The number of carbonyl (C=O) groups is 1. The molecule has 1 saturated heterocycles. The molecule has 3 aromatic rings. The van der Waals surface area contributed by atoms with E-state index in [4.69, 9.17) is 11.6 Å². The van der Waals surface area contributed by atoms with Gasteiger partial charge in [0.05, 0.1) is 21.4 Å². The highest BCUT2D eigenvalue weighted by atomic mass is 35.5. The molecular weight excluding hydrogens is 394 g/mol. The maximum atomic E-state index is 12.8. The molecule has 0 radical (unpaired) electrons. The Hall–Kier alpha value is -2.22. The number of halogens is 1. The number of aryl methyl sites for hydroxylation is 1. The van der Waals surface area contributed by atoms with Gasteiger partial charge >= 0.3 is 0 Å². The SMILES string of the molecule is CCc1nc(CN2CCN(C(=O)c3ccn(-c4ccccc4Cl)n3)CC2)cs1. The van der Waals surface area contributed by atoms with Crippen LogP contribution in [0.2, 0.25) is 5.02 Å². The first-order chi connectivity index (χ1) is 13.6. The van der Waals surface area contributed by atoms with Crippen molar-refractivity contribution < 1.29 is 4.79 Å². The molecule has 1 amide bonds. The van der Waals surface area contributed by atoms with E-state index in [9.17, 15) is 4.79 Å². The average molecular weight is 416 g/mol. The van der Waals surface area contributed by atoms with Gasteiger partial charge in [0.2, 0.25) is 0 Å². The van der Waals surface area contributed by atoms with E-state index >= 15 is 0 Å². The first kappa shape index (κ1) is 19.1. The lowest BCUT2D eigenvalue weighted by molar-refractivity contribution is 0.0621. The summed E-state index contributed by atoms with van der Waals surface area (Å²) >= 11 is 7.94. The molecule has 1 aliphatic rings. The van der Waals surface area contributed by atoms with Gasteiger partial charge in [0.1, 0.15) is 0 Å². The number of carbonyl (C=O) groups excluding carboxylic acids is 1. The number of piperazine rings is 1. The molecule has 1 aliphatic heterocycles. The van der Waals surface area contributed by atoms with E-state index in [1.165, 1.54) is 5.01 Å². The van der Waals surface area contributed by atoms with Crippen LogP contribution in [-0.4, -0.2) is 56.7 Å². The largest absolute Gasteiger partial charge is 0.335 e. The normalized spacial score (nSPS) is 15.1. The first-order valence-electron chi connectivity index (χ1n) is 9.39. The van der Waals surface area contributed by atoms with Crippen LogP contribution in [0.4, 0.5) is 0 Å². The van der Waals surface area contributed by atoms with E-state index in [0.29, 0.717) is 23.8 Å². The molecular formula is C20H22ClN5OS. The predicted octanol–water partition coefficient (Wildman–Crippen LogP) is 3.50. The van der Waals surface area contributed by atoms with E-state index in [1.807, 2.05) is 29.2 Å². The molecule has 0 atom stereocenters.